The molecule has 0 fully saturated rings. The van der Waals surface area contributed by atoms with Gasteiger partial charge in [0.25, 0.3) is 0 Å². The van der Waals surface area contributed by atoms with Crippen molar-refractivity contribution in [1.82, 2.24) is 0 Å². The normalized spacial score (nSPS) is 10.5. The van der Waals surface area contributed by atoms with Gasteiger partial charge in [-0.05, 0) is 24.5 Å². The van der Waals surface area contributed by atoms with E-state index in [0.717, 1.165) is 12.8 Å². The summed E-state index contributed by atoms with van der Waals surface area (Å²) in [4.78, 5) is 0. The third-order valence-electron chi connectivity index (χ3n) is 1.91. The van der Waals surface area contributed by atoms with Crippen LogP contribution in [0.5, 0.6) is 0 Å². The van der Waals surface area contributed by atoms with Crippen molar-refractivity contribution in [2.75, 3.05) is 0 Å². The minimum Gasteiger partial charge on any atom is -0.205 e. The van der Waals surface area contributed by atoms with Crippen molar-refractivity contribution in [2.24, 2.45) is 0 Å². The molecule has 0 bridgehead atoms. The Morgan fingerprint density at radius 1 is 1.31 bits per heavy atom. The van der Waals surface area contributed by atoms with E-state index in [1.807, 2.05) is 6.92 Å². The Kier molecular flexibility index (Phi) is 3.67. The van der Waals surface area contributed by atoms with Crippen LogP contribution in [0.25, 0.3) is 0 Å². The monoisotopic (exact) mass is 204 g/mol. The molecule has 0 aliphatic rings. The lowest BCUT2D eigenvalue weighted by Gasteiger charge is -2.03. The maximum Gasteiger partial charge on any atom is 0.147 e. The molecule has 1 aromatic carbocycles. The minimum atomic E-state index is -0.695. The zero-order valence-electron chi connectivity index (χ0n) is 7.41. The van der Waals surface area contributed by atoms with Crippen LogP contribution in [-0.2, 0) is 6.42 Å². The fourth-order valence-electron chi connectivity index (χ4n) is 1.13. The highest BCUT2D eigenvalue weighted by atomic mass is 35.5. The predicted octanol–water partition coefficient (Wildman–Crippen LogP) is 3.96. The lowest BCUT2D eigenvalue weighted by atomic mass is 10.1. The van der Waals surface area contributed by atoms with E-state index in [4.69, 9.17) is 11.6 Å². The molecule has 0 aliphatic heterocycles. The molecule has 0 amide bonds. The van der Waals surface area contributed by atoms with E-state index in [0.29, 0.717) is 12.0 Å². The fourth-order valence-corrected chi connectivity index (χ4v) is 1.31. The quantitative estimate of drug-likeness (QED) is 0.654. The van der Waals surface area contributed by atoms with E-state index in [1.54, 1.807) is 0 Å². The first-order chi connectivity index (χ1) is 6.16. The van der Waals surface area contributed by atoms with Gasteiger partial charge in [0.05, 0.1) is 0 Å². The summed E-state index contributed by atoms with van der Waals surface area (Å²) >= 11 is 5.41. The second-order valence-electron chi connectivity index (χ2n) is 2.94. The summed E-state index contributed by atoms with van der Waals surface area (Å²) in [5.74, 6) is -1.31. The number of aryl methyl sites for hydroxylation is 1. The van der Waals surface area contributed by atoms with Crippen molar-refractivity contribution >= 4 is 11.6 Å². The van der Waals surface area contributed by atoms with E-state index < -0.39 is 16.7 Å². The highest BCUT2D eigenvalue weighted by Gasteiger charge is 2.10. The van der Waals surface area contributed by atoms with Gasteiger partial charge in [0.1, 0.15) is 16.7 Å². The van der Waals surface area contributed by atoms with E-state index in [-0.39, 0.29) is 0 Å². The molecule has 0 radical (unpaired) electrons. The largest absolute Gasteiger partial charge is 0.205 e. The summed E-state index contributed by atoms with van der Waals surface area (Å²) in [5, 5.41) is -0.395. The second kappa shape index (κ2) is 4.56. The first-order valence-electron chi connectivity index (χ1n) is 4.29. The molecular weight excluding hydrogens is 194 g/mol. The molecule has 13 heavy (non-hydrogen) atoms. The second-order valence-corrected chi connectivity index (χ2v) is 3.32. The molecule has 0 unspecified atom stereocenters. The summed E-state index contributed by atoms with van der Waals surface area (Å²) in [6, 6.07) is 2.66. The third-order valence-corrected chi connectivity index (χ3v) is 2.26. The highest BCUT2D eigenvalue weighted by molar-refractivity contribution is 6.30. The van der Waals surface area contributed by atoms with Crippen LogP contribution in [0.3, 0.4) is 0 Å². The van der Waals surface area contributed by atoms with Crippen molar-refractivity contribution in [3.8, 4) is 0 Å². The van der Waals surface area contributed by atoms with Crippen LogP contribution in [0, 0.1) is 11.6 Å². The summed E-state index contributed by atoms with van der Waals surface area (Å²) in [5.41, 5.74) is 0.494. The Hall–Kier alpha value is -0.630. The number of rotatable bonds is 3. The molecule has 0 spiro atoms. The SMILES string of the molecule is CCCCc1ccc(F)c(Cl)c1F. The molecular formula is C10H11ClF2. The predicted molar refractivity (Wildman–Crippen MR) is 50.0 cm³/mol. The first-order valence-corrected chi connectivity index (χ1v) is 4.67. The zero-order chi connectivity index (χ0) is 9.84. The van der Waals surface area contributed by atoms with Gasteiger partial charge in [-0.2, -0.15) is 0 Å². The maximum atomic E-state index is 13.2. The molecule has 1 rings (SSSR count). The molecule has 0 heterocycles. The lowest BCUT2D eigenvalue weighted by Crippen LogP contribution is -1.93. The van der Waals surface area contributed by atoms with E-state index in [1.165, 1.54) is 12.1 Å². The Morgan fingerprint density at radius 3 is 2.62 bits per heavy atom. The van der Waals surface area contributed by atoms with Crippen molar-refractivity contribution in [3.05, 3.63) is 34.4 Å². The van der Waals surface area contributed by atoms with Crippen LogP contribution in [0.2, 0.25) is 5.02 Å². The van der Waals surface area contributed by atoms with Crippen LogP contribution in [0.1, 0.15) is 25.3 Å². The van der Waals surface area contributed by atoms with Gasteiger partial charge in [-0.25, -0.2) is 8.78 Å². The summed E-state index contributed by atoms with van der Waals surface area (Å²) < 4.78 is 25.9. The Bertz CT molecular complexity index is 297. The smallest absolute Gasteiger partial charge is 0.147 e. The number of halogens is 3. The Morgan fingerprint density at radius 2 is 2.00 bits per heavy atom. The van der Waals surface area contributed by atoms with Crippen LogP contribution in [-0.4, -0.2) is 0 Å². The molecule has 0 saturated heterocycles. The zero-order valence-corrected chi connectivity index (χ0v) is 8.17. The lowest BCUT2D eigenvalue weighted by molar-refractivity contribution is 0.569. The third kappa shape index (κ3) is 2.41. The first kappa shape index (κ1) is 10.5. The van der Waals surface area contributed by atoms with E-state index in [2.05, 4.69) is 0 Å². The molecule has 0 N–H and O–H groups in total. The van der Waals surface area contributed by atoms with Crippen molar-refractivity contribution in [2.45, 2.75) is 26.2 Å². The van der Waals surface area contributed by atoms with Gasteiger partial charge < -0.3 is 0 Å². The van der Waals surface area contributed by atoms with Crippen LogP contribution in [0.15, 0.2) is 12.1 Å². The van der Waals surface area contributed by atoms with Gasteiger partial charge in [-0.3, -0.25) is 0 Å². The molecule has 0 nitrogen and oxygen atoms in total. The maximum absolute atomic E-state index is 13.2. The van der Waals surface area contributed by atoms with Crippen molar-refractivity contribution < 1.29 is 8.78 Å². The number of unbranched alkanes of at least 4 members (excludes halogenated alkanes) is 1. The molecule has 3 heteroatoms. The standard InChI is InChI=1S/C10H11ClF2/c1-2-3-4-7-5-6-8(12)9(11)10(7)13/h5-6H,2-4H2,1H3. The van der Waals surface area contributed by atoms with Gasteiger partial charge in [-0.15, -0.1) is 0 Å². The van der Waals surface area contributed by atoms with E-state index in [9.17, 15) is 8.78 Å². The number of hydrogen-bond donors (Lipinski definition) is 0. The summed E-state index contributed by atoms with van der Waals surface area (Å²) in [6.45, 7) is 2.02. The molecule has 72 valence electrons. The average molecular weight is 205 g/mol. The van der Waals surface area contributed by atoms with Crippen LogP contribution in [0.4, 0.5) is 8.78 Å². The summed E-state index contributed by atoms with van der Waals surface area (Å²) in [6.07, 6.45) is 2.48. The fraction of sp³-hybridized carbons (Fsp3) is 0.400. The van der Waals surface area contributed by atoms with Gasteiger partial charge in [0, 0.05) is 0 Å². The highest BCUT2D eigenvalue weighted by Crippen LogP contribution is 2.22. The number of benzene rings is 1. The minimum absolute atomic E-state index is 0.395. The Labute approximate surface area is 81.5 Å². The summed E-state index contributed by atoms with van der Waals surface area (Å²) in [7, 11) is 0. The molecule has 0 atom stereocenters. The van der Waals surface area contributed by atoms with Crippen LogP contribution < -0.4 is 0 Å². The van der Waals surface area contributed by atoms with E-state index >= 15 is 0 Å². The van der Waals surface area contributed by atoms with Crippen LogP contribution >= 0.6 is 11.6 Å². The molecule has 1 aromatic rings. The van der Waals surface area contributed by atoms with Gasteiger partial charge >= 0.3 is 0 Å². The number of hydrogen-bond acceptors (Lipinski definition) is 0. The molecule has 0 saturated carbocycles. The van der Waals surface area contributed by atoms with Crippen molar-refractivity contribution in [1.29, 1.82) is 0 Å². The van der Waals surface area contributed by atoms with Crippen molar-refractivity contribution in [3.63, 3.8) is 0 Å². The molecule has 0 aromatic heterocycles. The van der Waals surface area contributed by atoms with Gasteiger partial charge in [0.2, 0.25) is 0 Å². The Balaban J connectivity index is 2.90. The topological polar surface area (TPSA) is 0 Å². The molecule has 0 aliphatic carbocycles. The van der Waals surface area contributed by atoms with Gasteiger partial charge in [0.15, 0.2) is 0 Å². The average Bonchev–Trinajstić information content (AvgIpc) is 2.13. The van der Waals surface area contributed by atoms with Gasteiger partial charge in [-0.1, -0.05) is 31.0 Å².